The summed E-state index contributed by atoms with van der Waals surface area (Å²) < 4.78 is 14.0. The maximum atomic E-state index is 13.9. The minimum Gasteiger partial charge on any atom is -0.403 e. The van der Waals surface area contributed by atoms with Crippen molar-refractivity contribution in [2.45, 2.75) is 134 Å². The van der Waals surface area contributed by atoms with Crippen LogP contribution in [0.15, 0.2) is 67.3 Å². The molecule has 0 spiro atoms. The second-order valence-corrected chi connectivity index (χ2v) is 17.7. The van der Waals surface area contributed by atoms with Crippen LogP contribution in [0.1, 0.15) is 87.1 Å². The van der Waals surface area contributed by atoms with Crippen LogP contribution >= 0.6 is 0 Å². The molecule has 19 nitrogen and oxygen atoms in total. The van der Waals surface area contributed by atoms with E-state index < -0.39 is 72.9 Å². The highest BCUT2D eigenvalue weighted by molar-refractivity contribution is 6.47. The van der Waals surface area contributed by atoms with Crippen molar-refractivity contribution in [1.82, 2.24) is 56.4 Å². The van der Waals surface area contributed by atoms with E-state index in [4.69, 9.17) is 9.31 Å². The van der Waals surface area contributed by atoms with Gasteiger partial charge in [-0.3, -0.25) is 33.6 Å². The Labute approximate surface area is 385 Å². The molecule has 4 aliphatic rings. The molecule has 6 heterocycles. The second kappa shape index (κ2) is 22.5. The van der Waals surface area contributed by atoms with Gasteiger partial charge in [-0.1, -0.05) is 67.8 Å². The predicted octanol–water partition coefficient (Wildman–Crippen LogP) is 1.27. The Kier molecular flexibility index (Phi) is 16.4. The number of hydrogen-bond acceptors (Lipinski definition) is 12. The largest absolute Gasteiger partial charge is 0.481 e. The van der Waals surface area contributed by atoms with E-state index in [1.165, 1.54) is 51.2 Å². The number of aliphatic hydroxyl groups excluding tert-OH is 1. The van der Waals surface area contributed by atoms with Crippen molar-refractivity contribution >= 4 is 36.7 Å². The third kappa shape index (κ3) is 12.7. The Morgan fingerprint density at radius 1 is 0.909 bits per heavy atom. The van der Waals surface area contributed by atoms with Crippen LogP contribution in [0.5, 0.6) is 0 Å². The van der Waals surface area contributed by atoms with Gasteiger partial charge in [0.2, 0.25) is 23.6 Å². The van der Waals surface area contributed by atoms with Gasteiger partial charge in [0.25, 0.3) is 5.91 Å². The zero-order chi connectivity index (χ0) is 46.7. The number of amides is 5. The fraction of sp³-hybridized carbons (Fsp3) is 0.522. The van der Waals surface area contributed by atoms with E-state index in [0.717, 1.165) is 50.0 Å². The van der Waals surface area contributed by atoms with E-state index >= 15 is 0 Å². The number of nitrogens with one attached hydrogen (secondary N) is 6. The molecule has 5 amide bonds. The van der Waals surface area contributed by atoms with Crippen LogP contribution < -0.4 is 26.6 Å². The van der Waals surface area contributed by atoms with Crippen LogP contribution in [0, 0.1) is 0 Å². The zero-order valence-electron chi connectivity index (χ0n) is 38.1. The molecule has 0 aliphatic carbocycles. The average molecular weight is 908 g/mol. The topological polar surface area (TPSA) is 247 Å². The number of nitrogens with zero attached hydrogens (tertiary/aromatic N) is 5. The van der Waals surface area contributed by atoms with Crippen molar-refractivity contribution in [2.24, 2.45) is 0 Å². The standard InChI is InChI=1S/C46H62BN11O8/c1-5-6-7-8-10-31-11-13-32(14-12-31)33-15-17-34(18-16-33)43(61)53-37(21-35-23-48-27-49-35)45(63)54-41(29(3)59)46(64)50-28(2)42(60)52-38-22-36-24-58(56-55-36)20-9-19-57-25-39-40(26-57)66-47(65-39)30(4)51-44(38)62/h11-18,23-24,27-30,37-41,59H,5-10,19-22,25-26H2,1-4H3,(H,48,49)(H,50,64)(H,51,62)(H,52,60)(H,53,61)(H,54,63)/t28-,29+,30-,37-,38-,39-,40+,41-/m0/s1. The highest BCUT2D eigenvalue weighted by atomic mass is 16.7. The molecule has 9 atom stereocenters. The van der Waals surface area contributed by atoms with Crippen molar-refractivity contribution in [3.63, 3.8) is 0 Å². The van der Waals surface area contributed by atoms with E-state index in [1.807, 2.05) is 12.1 Å². The number of carbonyl (C=O) groups excluding carboxylic acids is 5. The molecule has 2 aromatic carbocycles. The number of imidazole rings is 1. The quantitative estimate of drug-likeness (QED) is 0.0585. The Morgan fingerprint density at radius 3 is 2.29 bits per heavy atom. The number of carbonyl (C=O) groups is 5. The molecule has 2 aromatic heterocycles. The van der Waals surface area contributed by atoms with E-state index in [9.17, 15) is 29.1 Å². The Balaban J connectivity index is 0.970. The van der Waals surface area contributed by atoms with Gasteiger partial charge in [-0.25, -0.2) is 4.98 Å². The number of rotatable bonds is 17. The van der Waals surface area contributed by atoms with Crippen molar-refractivity contribution in [3.8, 4) is 11.1 Å². The SMILES string of the molecule is CCCCCCc1ccc(-c2ccc(C(=O)N[C@@H](Cc3cnc[nH]3)C(=O)N[C@H](C(=O)N[C@@H](C)C(=O)N[C@H]3Cc4cn(nn4)CCCN4C[C@@H]5OB(O[C@@H]5C4)[C@H](C)NC3=O)[C@@H](C)O)cc2)cc1. The molecule has 6 bridgehead atoms. The van der Waals surface area contributed by atoms with E-state index in [2.05, 4.69) is 83.0 Å². The van der Waals surface area contributed by atoms with Crippen LogP contribution in [0.25, 0.3) is 11.1 Å². The molecule has 0 saturated carbocycles. The molecule has 0 radical (unpaired) electrons. The number of aromatic nitrogens is 5. The zero-order valence-corrected chi connectivity index (χ0v) is 38.1. The van der Waals surface area contributed by atoms with Gasteiger partial charge in [0.05, 0.1) is 36.3 Å². The first kappa shape index (κ1) is 48.0. The lowest BCUT2D eigenvalue weighted by molar-refractivity contribution is -0.135. The van der Waals surface area contributed by atoms with Crippen LogP contribution in [0.4, 0.5) is 0 Å². The minimum absolute atomic E-state index is 0.00174. The second-order valence-electron chi connectivity index (χ2n) is 17.7. The molecule has 20 heteroatoms. The Bertz CT molecular complexity index is 2240. The number of H-pyrrole nitrogens is 1. The molecule has 1 unspecified atom stereocenters. The average Bonchev–Trinajstić information content (AvgIpc) is 4.13. The number of unbranched alkanes of at least 4 members (excludes halogenated alkanes) is 3. The fourth-order valence-corrected chi connectivity index (χ4v) is 8.51. The van der Waals surface area contributed by atoms with E-state index in [0.29, 0.717) is 23.5 Å². The van der Waals surface area contributed by atoms with Crippen molar-refractivity contribution in [2.75, 3.05) is 19.6 Å². The van der Waals surface area contributed by atoms with Crippen LogP contribution in [-0.4, -0.2) is 140 Å². The van der Waals surface area contributed by atoms with Gasteiger partial charge < -0.3 is 46.0 Å². The number of aryl methyl sites for hydroxylation is 2. The molecule has 4 aromatic rings. The predicted molar refractivity (Wildman–Crippen MR) is 244 cm³/mol. The van der Waals surface area contributed by atoms with Gasteiger partial charge in [0.15, 0.2) is 0 Å². The van der Waals surface area contributed by atoms with Crippen molar-refractivity contribution < 1.29 is 38.4 Å². The van der Waals surface area contributed by atoms with Crippen LogP contribution in [0.3, 0.4) is 0 Å². The lowest BCUT2D eigenvalue weighted by Gasteiger charge is -2.27. The molecule has 4 aliphatic heterocycles. The highest BCUT2D eigenvalue weighted by Crippen LogP contribution is 2.27. The van der Waals surface area contributed by atoms with Gasteiger partial charge in [0, 0.05) is 62.7 Å². The van der Waals surface area contributed by atoms with Gasteiger partial charge in [0.1, 0.15) is 24.2 Å². The maximum absolute atomic E-state index is 13.9. The number of fused-ring (bicyclic) bond motifs is 6. The summed E-state index contributed by atoms with van der Waals surface area (Å²) in [7, 11) is -0.667. The molecular formula is C46H62BN11O8. The van der Waals surface area contributed by atoms with E-state index in [-0.39, 0.29) is 25.0 Å². The smallest absolute Gasteiger partial charge is 0.403 e. The summed E-state index contributed by atoms with van der Waals surface area (Å²) >= 11 is 0. The van der Waals surface area contributed by atoms with Crippen LogP contribution in [-0.2, 0) is 54.3 Å². The molecule has 66 heavy (non-hydrogen) atoms. The lowest BCUT2D eigenvalue weighted by atomic mass is 9.79. The number of benzene rings is 2. The third-order valence-electron chi connectivity index (χ3n) is 12.3. The molecule has 2 saturated heterocycles. The first-order valence-corrected chi connectivity index (χ1v) is 23.1. The summed E-state index contributed by atoms with van der Waals surface area (Å²) in [5, 5.41) is 32.7. The molecule has 352 valence electrons. The summed E-state index contributed by atoms with van der Waals surface area (Å²) in [4.78, 5) is 77.9. The monoisotopic (exact) mass is 907 g/mol. The summed E-state index contributed by atoms with van der Waals surface area (Å²) in [6.07, 6.45) is 9.71. The normalized spacial score (nSPS) is 22.5. The highest BCUT2D eigenvalue weighted by Gasteiger charge is 2.48. The molecule has 2 fully saturated rings. The van der Waals surface area contributed by atoms with Gasteiger partial charge in [-0.2, -0.15) is 0 Å². The third-order valence-corrected chi connectivity index (χ3v) is 12.3. The minimum atomic E-state index is -1.53. The number of aromatic amines is 1. The molecule has 8 rings (SSSR count). The summed E-state index contributed by atoms with van der Waals surface area (Å²) in [6.45, 7) is 9.59. The molecular weight excluding hydrogens is 845 g/mol. The summed E-state index contributed by atoms with van der Waals surface area (Å²) in [6, 6.07) is 10.4. The van der Waals surface area contributed by atoms with E-state index in [1.54, 1.807) is 29.9 Å². The fourth-order valence-electron chi connectivity index (χ4n) is 8.51. The Hall–Kier alpha value is -5.96. The van der Waals surface area contributed by atoms with Gasteiger partial charge in [-0.05, 0) is 68.9 Å². The van der Waals surface area contributed by atoms with Crippen molar-refractivity contribution in [1.29, 1.82) is 0 Å². The maximum Gasteiger partial charge on any atom is 0.481 e. The Morgan fingerprint density at radius 2 is 1.62 bits per heavy atom. The first-order valence-electron chi connectivity index (χ1n) is 23.1. The number of hydrogen-bond donors (Lipinski definition) is 7. The van der Waals surface area contributed by atoms with Gasteiger partial charge >= 0.3 is 7.12 Å². The van der Waals surface area contributed by atoms with Crippen LogP contribution in [0.2, 0.25) is 0 Å². The van der Waals surface area contributed by atoms with Crippen molar-refractivity contribution in [3.05, 3.63) is 89.8 Å². The lowest BCUT2D eigenvalue weighted by Crippen LogP contribution is -2.61. The molecule has 7 N–H and O–H groups in total. The van der Waals surface area contributed by atoms with Gasteiger partial charge in [-0.15, -0.1) is 5.10 Å². The first-order chi connectivity index (χ1) is 31.8. The number of aliphatic hydroxyl groups is 1. The summed E-state index contributed by atoms with van der Waals surface area (Å²) in [5.41, 5.74) is 4.56. The summed E-state index contributed by atoms with van der Waals surface area (Å²) in [5.74, 6) is -3.93.